The maximum Gasteiger partial charge on any atom is 0.469 e. The zero-order chi connectivity index (χ0) is 23.8. The quantitative estimate of drug-likeness (QED) is 0.419. The molecule has 0 aliphatic carbocycles. The van der Waals surface area contributed by atoms with Crippen molar-refractivity contribution in [1.29, 1.82) is 0 Å². The number of phosphoric acid groups is 1. The minimum atomic E-state index is -4.76. The molecule has 176 valence electrons. The van der Waals surface area contributed by atoms with Gasteiger partial charge >= 0.3 is 13.5 Å². The third kappa shape index (κ3) is 4.80. The van der Waals surface area contributed by atoms with Crippen molar-refractivity contribution in [2.24, 2.45) is 0 Å². The molecule has 3 rings (SSSR count). The number of benzene rings is 1. The molecule has 1 aliphatic rings. The molecule has 13 heteroatoms. The number of methoxy groups -OCH3 is 2. The molecule has 0 spiro atoms. The summed E-state index contributed by atoms with van der Waals surface area (Å²) in [7, 11) is -1.80. The van der Waals surface area contributed by atoms with E-state index in [0.29, 0.717) is 17.1 Å². The van der Waals surface area contributed by atoms with Crippen molar-refractivity contribution in [2.75, 3.05) is 20.8 Å². The topological polar surface area (TPSA) is 170 Å². The van der Waals surface area contributed by atoms with Gasteiger partial charge in [0.15, 0.2) is 0 Å². The van der Waals surface area contributed by atoms with E-state index in [0.717, 1.165) is 15.7 Å². The lowest BCUT2D eigenvalue weighted by atomic mass is 9.99. The van der Waals surface area contributed by atoms with Crippen molar-refractivity contribution in [1.82, 2.24) is 9.55 Å². The van der Waals surface area contributed by atoms with E-state index in [9.17, 15) is 19.3 Å². The fraction of sp³-hybridized carbons (Fsp3) is 0.474. The van der Waals surface area contributed by atoms with E-state index in [-0.39, 0.29) is 12.0 Å². The summed E-state index contributed by atoms with van der Waals surface area (Å²) in [6.07, 6.45) is -2.00. The summed E-state index contributed by atoms with van der Waals surface area (Å²) in [5.74, 6) is 0.955. The van der Waals surface area contributed by atoms with Gasteiger partial charge in [0, 0.05) is 18.2 Å². The second kappa shape index (κ2) is 9.18. The highest BCUT2D eigenvalue weighted by Gasteiger charge is 2.37. The van der Waals surface area contributed by atoms with Gasteiger partial charge in [-0.2, -0.15) is 0 Å². The molecular weight excluding hydrogens is 447 g/mol. The van der Waals surface area contributed by atoms with Gasteiger partial charge in [0.05, 0.1) is 32.5 Å². The molecule has 0 amide bonds. The first kappa shape index (κ1) is 24.2. The van der Waals surface area contributed by atoms with Crippen LogP contribution >= 0.6 is 7.82 Å². The number of hydrogen-bond acceptors (Lipinski definition) is 8. The summed E-state index contributed by atoms with van der Waals surface area (Å²) in [6, 6.07) is 1.63. The van der Waals surface area contributed by atoms with E-state index in [1.54, 1.807) is 6.07 Å². The van der Waals surface area contributed by atoms with Crippen LogP contribution < -0.4 is 20.7 Å². The molecule has 12 nitrogen and oxygen atoms in total. The lowest BCUT2D eigenvalue weighted by molar-refractivity contribution is -0.0450. The molecule has 3 atom stereocenters. The first-order valence-corrected chi connectivity index (χ1v) is 11.1. The minimum absolute atomic E-state index is 0.0616. The summed E-state index contributed by atoms with van der Waals surface area (Å²) in [5, 5.41) is 10.2. The van der Waals surface area contributed by atoms with E-state index in [2.05, 4.69) is 9.51 Å². The Bertz CT molecular complexity index is 1170. The second-order valence-electron chi connectivity index (χ2n) is 7.34. The van der Waals surface area contributed by atoms with Gasteiger partial charge in [0.2, 0.25) is 0 Å². The van der Waals surface area contributed by atoms with Gasteiger partial charge in [-0.15, -0.1) is 0 Å². The fourth-order valence-electron chi connectivity index (χ4n) is 3.63. The average molecular weight is 472 g/mol. The number of aliphatic hydroxyl groups is 1. The Morgan fingerprint density at radius 2 is 1.88 bits per heavy atom. The van der Waals surface area contributed by atoms with Crippen LogP contribution in [0.1, 0.15) is 23.8 Å². The summed E-state index contributed by atoms with van der Waals surface area (Å²) in [6.45, 7) is 3.08. The molecule has 1 saturated heterocycles. The standard InChI is InChI=1S/C19H25N2O10P/c1-9-10(2)17(29-4)11(5-14(9)28-3)12-7-21(19(24)20-18(12)23)16-6-13(22)15(31-16)8-30-32(25,26)27/h5,7,13,15-16,22H,6,8H2,1-4H3,(H,20,23,24)(H2,25,26,27). The zero-order valence-corrected chi connectivity index (χ0v) is 18.8. The number of ether oxygens (including phenoxy) is 3. The molecule has 2 aromatic rings. The van der Waals surface area contributed by atoms with Crippen molar-refractivity contribution in [2.45, 2.75) is 38.7 Å². The monoisotopic (exact) mass is 472 g/mol. The molecule has 32 heavy (non-hydrogen) atoms. The first-order chi connectivity index (χ1) is 15.0. The largest absolute Gasteiger partial charge is 0.496 e. The van der Waals surface area contributed by atoms with Crippen molar-refractivity contribution in [3.05, 3.63) is 44.2 Å². The van der Waals surface area contributed by atoms with E-state index in [4.69, 9.17) is 24.0 Å². The number of nitrogens with zero attached hydrogens (tertiary/aromatic N) is 1. The Labute approximate surface area is 182 Å². The van der Waals surface area contributed by atoms with Crippen LogP contribution in [0.15, 0.2) is 21.9 Å². The highest BCUT2D eigenvalue weighted by molar-refractivity contribution is 7.46. The van der Waals surface area contributed by atoms with Crippen LogP contribution in [0.25, 0.3) is 11.1 Å². The Morgan fingerprint density at radius 1 is 1.19 bits per heavy atom. The molecule has 3 unspecified atom stereocenters. The van der Waals surface area contributed by atoms with Gasteiger partial charge in [-0.3, -0.25) is 18.9 Å². The Hall–Kier alpha value is -2.47. The Kier molecular flexibility index (Phi) is 6.94. The van der Waals surface area contributed by atoms with Crippen LogP contribution in [0, 0.1) is 13.8 Å². The van der Waals surface area contributed by atoms with Crippen LogP contribution in [-0.4, -0.2) is 57.5 Å². The number of aromatic amines is 1. The molecule has 0 radical (unpaired) electrons. The maximum atomic E-state index is 12.7. The number of nitrogens with one attached hydrogen (secondary N) is 1. The van der Waals surface area contributed by atoms with Crippen molar-refractivity contribution >= 4 is 7.82 Å². The Morgan fingerprint density at radius 3 is 2.47 bits per heavy atom. The van der Waals surface area contributed by atoms with E-state index in [1.807, 2.05) is 13.8 Å². The third-order valence-electron chi connectivity index (χ3n) is 5.40. The predicted molar refractivity (Wildman–Crippen MR) is 112 cm³/mol. The molecule has 1 aromatic heterocycles. The highest BCUT2D eigenvalue weighted by atomic mass is 31.2. The van der Waals surface area contributed by atoms with Crippen LogP contribution in [0.5, 0.6) is 11.5 Å². The van der Waals surface area contributed by atoms with E-state index in [1.165, 1.54) is 20.4 Å². The first-order valence-electron chi connectivity index (χ1n) is 9.58. The third-order valence-corrected chi connectivity index (χ3v) is 5.88. The lowest BCUT2D eigenvalue weighted by Gasteiger charge is -2.19. The predicted octanol–water partition coefficient (Wildman–Crippen LogP) is 0.595. The maximum absolute atomic E-state index is 12.7. The molecule has 4 N–H and O–H groups in total. The molecule has 1 aliphatic heterocycles. The van der Waals surface area contributed by atoms with Crippen molar-refractivity contribution < 1.29 is 38.2 Å². The fourth-order valence-corrected chi connectivity index (χ4v) is 3.98. The number of aromatic nitrogens is 2. The molecule has 2 heterocycles. The second-order valence-corrected chi connectivity index (χ2v) is 8.58. The van der Waals surface area contributed by atoms with Gasteiger partial charge in [-0.05, 0) is 31.0 Å². The normalized spacial score (nSPS) is 21.0. The molecule has 1 aromatic carbocycles. The smallest absolute Gasteiger partial charge is 0.469 e. The summed E-state index contributed by atoms with van der Waals surface area (Å²) in [5.41, 5.74) is 0.643. The van der Waals surface area contributed by atoms with E-state index < -0.39 is 44.1 Å². The highest BCUT2D eigenvalue weighted by Crippen LogP contribution is 2.40. The molecule has 0 bridgehead atoms. The number of hydrogen-bond donors (Lipinski definition) is 4. The summed E-state index contributed by atoms with van der Waals surface area (Å²) < 4.78 is 32.9. The molecular formula is C19H25N2O10P. The molecule has 0 saturated carbocycles. The van der Waals surface area contributed by atoms with Gasteiger partial charge in [0.25, 0.3) is 5.56 Å². The van der Waals surface area contributed by atoms with Crippen molar-refractivity contribution in [3.63, 3.8) is 0 Å². The van der Waals surface area contributed by atoms with Crippen LogP contribution in [0.2, 0.25) is 0 Å². The number of rotatable bonds is 7. The number of phosphoric ester groups is 1. The SMILES string of the molecule is COc1cc(-c2cn(C3CC(O)C(COP(=O)(O)O)O3)c(=O)[nH]c2=O)c(OC)c(C)c1C. The molecule has 1 fully saturated rings. The average Bonchev–Trinajstić information content (AvgIpc) is 3.08. The van der Waals surface area contributed by atoms with Gasteiger partial charge in [0.1, 0.15) is 23.8 Å². The van der Waals surface area contributed by atoms with Gasteiger partial charge in [-0.1, -0.05) is 0 Å². The van der Waals surface area contributed by atoms with Crippen LogP contribution in [-0.2, 0) is 13.8 Å². The Balaban J connectivity index is 2.04. The number of H-pyrrole nitrogens is 1. The summed E-state index contributed by atoms with van der Waals surface area (Å²) >= 11 is 0. The lowest BCUT2D eigenvalue weighted by Crippen LogP contribution is -2.33. The van der Waals surface area contributed by atoms with Gasteiger partial charge < -0.3 is 29.1 Å². The van der Waals surface area contributed by atoms with Crippen molar-refractivity contribution in [3.8, 4) is 22.6 Å². The summed E-state index contributed by atoms with van der Waals surface area (Å²) in [4.78, 5) is 45.1. The zero-order valence-electron chi connectivity index (χ0n) is 17.9. The number of aliphatic hydroxyl groups excluding tert-OH is 1. The minimum Gasteiger partial charge on any atom is -0.496 e. The van der Waals surface area contributed by atoms with E-state index >= 15 is 0 Å². The van der Waals surface area contributed by atoms with Crippen LogP contribution in [0.3, 0.4) is 0 Å². The van der Waals surface area contributed by atoms with Gasteiger partial charge in [-0.25, -0.2) is 9.36 Å². The van der Waals surface area contributed by atoms with Crippen LogP contribution in [0.4, 0.5) is 0 Å².